The first-order valence-electron chi connectivity index (χ1n) is 8.11. The van der Waals surface area contributed by atoms with Crippen LogP contribution in [0.5, 0.6) is 0 Å². The Bertz CT molecular complexity index is 590. The summed E-state index contributed by atoms with van der Waals surface area (Å²) in [6.45, 7) is 2.18. The molecule has 3 heteroatoms. The second kappa shape index (κ2) is 4.32. The third-order valence-electron chi connectivity index (χ3n) is 6.73. The first kappa shape index (κ1) is 13.8. The molecule has 0 spiro atoms. The maximum Gasteiger partial charge on any atom is 0.178 e. The summed E-state index contributed by atoms with van der Waals surface area (Å²) in [4.78, 5) is 23.5. The quantitative estimate of drug-likeness (QED) is 0.637. The van der Waals surface area contributed by atoms with Crippen molar-refractivity contribution >= 4 is 23.2 Å². The topological polar surface area (TPSA) is 34.1 Å². The van der Waals surface area contributed by atoms with Crippen LogP contribution in [0.2, 0.25) is 0 Å². The number of fused-ring (bicyclic) bond motifs is 5. The molecular formula is C18H21ClO2. The predicted molar refractivity (Wildman–Crippen MR) is 82.1 cm³/mol. The van der Waals surface area contributed by atoms with Gasteiger partial charge in [-0.3, -0.25) is 9.59 Å². The van der Waals surface area contributed by atoms with Crippen LogP contribution in [0.15, 0.2) is 23.8 Å². The molecule has 3 saturated carbocycles. The van der Waals surface area contributed by atoms with Gasteiger partial charge < -0.3 is 0 Å². The van der Waals surface area contributed by atoms with Gasteiger partial charge >= 0.3 is 0 Å². The van der Waals surface area contributed by atoms with Gasteiger partial charge in [-0.25, -0.2) is 0 Å². The molecule has 21 heavy (non-hydrogen) atoms. The van der Waals surface area contributed by atoms with Gasteiger partial charge in [-0.15, -0.1) is 11.6 Å². The number of hydrogen-bond donors (Lipinski definition) is 0. The highest BCUT2D eigenvalue weighted by Crippen LogP contribution is 2.62. The van der Waals surface area contributed by atoms with Crippen molar-refractivity contribution in [3.63, 3.8) is 0 Å². The zero-order valence-corrected chi connectivity index (χ0v) is 13.2. The van der Waals surface area contributed by atoms with Crippen molar-refractivity contribution in [2.24, 2.45) is 23.2 Å². The Morgan fingerprint density at radius 2 is 1.95 bits per heavy atom. The molecule has 0 bridgehead atoms. The number of allylic oxidation sites excluding steroid dienone is 4. The van der Waals surface area contributed by atoms with E-state index in [-0.39, 0.29) is 11.2 Å². The van der Waals surface area contributed by atoms with Crippen LogP contribution in [0, 0.1) is 23.2 Å². The molecule has 4 rings (SSSR count). The van der Waals surface area contributed by atoms with E-state index in [0.29, 0.717) is 23.5 Å². The SMILES string of the molecule is CC12CCC3C(CCC4=CC(=O)C=CC43Cl)C1CCC2=O. The lowest BCUT2D eigenvalue weighted by atomic mass is 9.52. The average Bonchev–Trinajstić information content (AvgIpc) is 2.76. The van der Waals surface area contributed by atoms with E-state index in [1.165, 1.54) is 0 Å². The normalized spacial score (nSPS) is 48.5. The molecule has 3 fully saturated rings. The zero-order chi connectivity index (χ0) is 14.8. The molecule has 5 unspecified atom stereocenters. The third kappa shape index (κ3) is 1.72. The number of Topliss-reactive ketones (excluding diaryl/α,β-unsaturated/α-hetero) is 1. The maximum atomic E-state index is 12.3. The summed E-state index contributed by atoms with van der Waals surface area (Å²) in [7, 11) is 0. The van der Waals surface area contributed by atoms with Crippen molar-refractivity contribution in [2.45, 2.75) is 50.3 Å². The number of carbonyl (C=O) groups is 2. The van der Waals surface area contributed by atoms with Gasteiger partial charge in [0.05, 0.1) is 4.87 Å². The molecule has 4 aliphatic carbocycles. The first-order valence-corrected chi connectivity index (χ1v) is 8.49. The van der Waals surface area contributed by atoms with Gasteiger partial charge in [0, 0.05) is 11.8 Å². The Morgan fingerprint density at radius 1 is 1.14 bits per heavy atom. The zero-order valence-electron chi connectivity index (χ0n) is 12.4. The van der Waals surface area contributed by atoms with E-state index in [9.17, 15) is 9.59 Å². The molecular weight excluding hydrogens is 284 g/mol. The van der Waals surface area contributed by atoms with Crippen molar-refractivity contribution < 1.29 is 9.59 Å². The highest BCUT2D eigenvalue weighted by molar-refractivity contribution is 6.29. The lowest BCUT2D eigenvalue weighted by Gasteiger charge is -2.54. The number of halogens is 1. The van der Waals surface area contributed by atoms with Crippen LogP contribution < -0.4 is 0 Å². The summed E-state index contributed by atoms with van der Waals surface area (Å²) in [5.74, 6) is 1.93. The summed E-state index contributed by atoms with van der Waals surface area (Å²) in [5.41, 5.74) is 0.995. The number of hydrogen-bond acceptors (Lipinski definition) is 2. The molecule has 0 saturated heterocycles. The molecule has 5 atom stereocenters. The van der Waals surface area contributed by atoms with Gasteiger partial charge in [0.2, 0.25) is 0 Å². The van der Waals surface area contributed by atoms with Crippen molar-refractivity contribution in [1.82, 2.24) is 0 Å². The molecule has 0 N–H and O–H groups in total. The Hall–Kier alpha value is -0.890. The van der Waals surface area contributed by atoms with Crippen molar-refractivity contribution in [3.05, 3.63) is 23.8 Å². The fraction of sp³-hybridized carbons (Fsp3) is 0.667. The second-order valence-electron chi connectivity index (χ2n) is 7.51. The minimum atomic E-state index is -0.468. The van der Waals surface area contributed by atoms with Crippen molar-refractivity contribution in [3.8, 4) is 0 Å². The number of ketones is 2. The van der Waals surface area contributed by atoms with Gasteiger partial charge in [-0.2, -0.15) is 0 Å². The Kier molecular flexibility index (Phi) is 2.83. The van der Waals surface area contributed by atoms with E-state index in [1.807, 2.05) is 6.08 Å². The summed E-state index contributed by atoms with van der Waals surface area (Å²) >= 11 is 7.00. The molecule has 0 aromatic heterocycles. The lowest BCUT2D eigenvalue weighted by molar-refractivity contribution is -0.130. The van der Waals surface area contributed by atoms with E-state index in [1.54, 1.807) is 12.2 Å². The van der Waals surface area contributed by atoms with Gasteiger partial charge in [-0.05, 0) is 67.6 Å². The molecule has 4 aliphatic rings. The smallest absolute Gasteiger partial charge is 0.178 e. The standard InChI is InChI=1S/C18H21ClO2/c1-17-8-7-15-13(14(17)4-5-16(17)21)3-2-11-10-12(20)6-9-18(11,15)19/h6,9-10,13-15H,2-5,7-8H2,1H3. The Balaban J connectivity index is 1.72. The van der Waals surface area contributed by atoms with Gasteiger partial charge in [-0.1, -0.05) is 13.0 Å². The monoisotopic (exact) mass is 304 g/mol. The average molecular weight is 305 g/mol. The minimum absolute atomic E-state index is 0.0661. The summed E-state index contributed by atoms with van der Waals surface area (Å²) < 4.78 is 0. The molecule has 0 aliphatic heterocycles. The van der Waals surface area contributed by atoms with Crippen LogP contribution >= 0.6 is 11.6 Å². The molecule has 0 amide bonds. The molecule has 0 aromatic carbocycles. The molecule has 2 nitrogen and oxygen atoms in total. The molecule has 0 radical (unpaired) electrons. The van der Waals surface area contributed by atoms with Gasteiger partial charge in [0.1, 0.15) is 5.78 Å². The molecule has 0 aromatic rings. The third-order valence-corrected chi connectivity index (χ3v) is 7.38. The van der Waals surface area contributed by atoms with Gasteiger partial charge in [0.15, 0.2) is 5.78 Å². The van der Waals surface area contributed by atoms with E-state index in [2.05, 4.69) is 6.92 Å². The first-order chi connectivity index (χ1) is 9.95. The van der Waals surface area contributed by atoms with Crippen molar-refractivity contribution in [1.29, 1.82) is 0 Å². The highest BCUT2D eigenvalue weighted by Gasteiger charge is 2.59. The minimum Gasteiger partial charge on any atom is -0.299 e. The largest absolute Gasteiger partial charge is 0.299 e. The summed E-state index contributed by atoms with van der Waals surface area (Å²) in [5, 5.41) is 0. The van der Waals surface area contributed by atoms with Crippen LogP contribution in [0.4, 0.5) is 0 Å². The second-order valence-corrected chi connectivity index (χ2v) is 8.13. The fourth-order valence-electron chi connectivity index (χ4n) is 5.57. The molecule has 0 heterocycles. The van der Waals surface area contributed by atoms with Crippen molar-refractivity contribution in [2.75, 3.05) is 0 Å². The van der Waals surface area contributed by atoms with Crippen LogP contribution in [-0.4, -0.2) is 16.4 Å². The van der Waals surface area contributed by atoms with E-state index in [0.717, 1.165) is 44.1 Å². The maximum absolute atomic E-state index is 12.3. The van der Waals surface area contributed by atoms with E-state index in [4.69, 9.17) is 11.6 Å². The Labute approximate surface area is 130 Å². The van der Waals surface area contributed by atoms with E-state index >= 15 is 0 Å². The number of carbonyl (C=O) groups excluding carboxylic acids is 2. The van der Waals surface area contributed by atoms with E-state index < -0.39 is 4.87 Å². The van der Waals surface area contributed by atoms with Crippen LogP contribution in [0.25, 0.3) is 0 Å². The lowest BCUT2D eigenvalue weighted by Crippen LogP contribution is -2.51. The number of rotatable bonds is 0. The Morgan fingerprint density at radius 3 is 2.76 bits per heavy atom. The van der Waals surface area contributed by atoms with Gasteiger partial charge in [0.25, 0.3) is 0 Å². The number of alkyl halides is 1. The fourth-order valence-corrected chi connectivity index (χ4v) is 6.05. The van der Waals surface area contributed by atoms with Crippen LogP contribution in [0.3, 0.4) is 0 Å². The predicted octanol–water partition coefficient (Wildman–Crippen LogP) is 3.83. The highest BCUT2D eigenvalue weighted by atomic mass is 35.5. The van der Waals surface area contributed by atoms with Crippen LogP contribution in [0.1, 0.15) is 45.4 Å². The summed E-state index contributed by atoms with van der Waals surface area (Å²) in [6, 6.07) is 0. The molecule has 112 valence electrons. The van der Waals surface area contributed by atoms with Crippen LogP contribution in [-0.2, 0) is 9.59 Å². The summed E-state index contributed by atoms with van der Waals surface area (Å²) in [6.07, 6.45) is 11.0.